The number of halogens is 3. The van der Waals surface area contributed by atoms with Crippen molar-refractivity contribution in [3.8, 4) is 0 Å². The van der Waals surface area contributed by atoms with Crippen LogP contribution in [0.2, 0.25) is 0 Å². The molecule has 2 amide bonds. The van der Waals surface area contributed by atoms with Crippen LogP contribution in [0.15, 0.2) is 48.7 Å². The Bertz CT molecular complexity index is 627. The Morgan fingerprint density at radius 1 is 1.04 bits per heavy atom. The number of amides is 2. The molecule has 122 valence electrons. The Hall–Kier alpha value is -2.57. The predicted molar refractivity (Wildman–Crippen MR) is 79.6 cm³/mol. The van der Waals surface area contributed by atoms with E-state index in [0.29, 0.717) is 19.5 Å². The molecule has 0 unspecified atom stereocenters. The molecule has 0 spiro atoms. The van der Waals surface area contributed by atoms with Gasteiger partial charge >= 0.3 is 12.2 Å². The molecule has 0 radical (unpaired) electrons. The molecular formula is C16H16F3N3O. The molecule has 23 heavy (non-hydrogen) atoms. The van der Waals surface area contributed by atoms with E-state index in [4.69, 9.17) is 0 Å². The first-order valence-corrected chi connectivity index (χ1v) is 7.03. The second-order valence-corrected chi connectivity index (χ2v) is 4.88. The van der Waals surface area contributed by atoms with Gasteiger partial charge in [-0.25, -0.2) is 4.79 Å². The summed E-state index contributed by atoms with van der Waals surface area (Å²) in [6, 6.07) is 9.96. The van der Waals surface area contributed by atoms with Crippen molar-refractivity contribution in [2.45, 2.75) is 19.1 Å². The number of hydrogen-bond acceptors (Lipinski definition) is 2. The highest BCUT2D eigenvalue weighted by Crippen LogP contribution is 2.29. The van der Waals surface area contributed by atoms with Gasteiger partial charge in [0.25, 0.3) is 0 Å². The maximum Gasteiger partial charge on any atom is 0.416 e. The van der Waals surface area contributed by atoms with Crippen molar-refractivity contribution in [3.63, 3.8) is 0 Å². The number of carbonyl (C=O) groups is 1. The van der Waals surface area contributed by atoms with Crippen LogP contribution in [0.25, 0.3) is 0 Å². The van der Waals surface area contributed by atoms with Gasteiger partial charge in [0.05, 0.1) is 17.8 Å². The van der Waals surface area contributed by atoms with Crippen molar-refractivity contribution in [2.24, 2.45) is 0 Å². The quantitative estimate of drug-likeness (QED) is 0.888. The summed E-state index contributed by atoms with van der Waals surface area (Å²) in [5.74, 6) is 0. The molecule has 0 saturated heterocycles. The third kappa shape index (κ3) is 5.61. The third-order valence-electron chi connectivity index (χ3n) is 3.14. The van der Waals surface area contributed by atoms with Crippen LogP contribution >= 0.6 is 0 Å². The first-order valence-electron chi connectivity index (χ1n) is 7.03. The molecule has 0 fully saturated rings. The lowest BCUT2D eigenvalue weighted by Crippen LogP contribution is -2.36. The minimum atomic E-state index is -4.33. The van der Waals surface area contributed by atoms with Crippen LogP contribution in [0, 0.1) is 0 Å². The fourth-order valence-corrected chi connectivity index (χ4v) is 1.92. The summed E-state index contributed by atoms with van der Waals surface area (Å²) in [6.45, 7) is 0.645. The van der Waals surface area contributed by atoms with Crippen LogP contribution in [0.5, 0.6) is 0 Å². The molecule has 2 aromatic rings. The van der Waals surface area contributed by atoms with Crippen LogP contribution in [-0.2, 0) is 19.1 Å². The van der Waals surface area contributed by atoms with E-state index in [9.17, 15) is 18.0 Å². The van der Waals surface area contributed by atoms with Crippen molar-refractivity contribution in [3.05, 3.63) is 65.5 Å². The molecule has 4 nitrogen and oxygen atoms in total. The van der Waals surface area contributed by atoms with Crippen molar-refractivity contribution in [1.29, 1.82) is 0 Å². The summed E-state index contributed by atoms with van der Waals surface area (Å²) in [7, 11) is 0. The molecule has 0 aliphatic carbocycles. The number of alkyl halides is 3. The van der Waals surface area contributed by atoms with Crippen molar-refractivity contribution in [1.82, 2.24) is 15.6 Å². The van der Waals surface area contributed by atoms with Gasteiger partial charge in [-0.15, -0.1) is 0 Å². The smallest absolute Gasteiger partial charge is 0.338 e. The number of nitrogens with zero attached hydrogens (tertiary/aromatic N) is 1. The second-order valence-electron chi connectivity index (χ2n) is 4.88. The highest BCUT2D eigenvalue weighted by Gasteiger charge is 2.29. The van der Waals surface area contributed by atoms with E-state index in [0.717, 1.165) is 23.4 Å². The summed E-state index contributed by atoms with van der Waals surface area (Å²) in [5.41, 5.74) is 0.788. The number of urea groups is 1. The minimum Gasteiger partial charge on any atom is -0.338 e. The van der Waals surface area contributed by atoms with E-state index >= 15 is 0 Å². The molecule has 2 N–H and O–H groups in total. The average molecular weight is 323 g/mol. The van der Waals surface area contributed by atoms with Crippen LogP contribution in [0.4, 0.5) is 18.0 Å². The van der Waals surface area contributed by atoms with Crippen molar-refractivity contribution in [2.75, 3.05) is 6.54 Å². The standard InChI is InChI=1S/C16H16F3N3O/c17-16(18,19)13-6-4-12(5-7-13)8-10-21-15(23)22-11-14-3-1-2-9-20-14/h1-7,9H,8,10-11H2,(H2,21,22,23). The molecule has 1 aromatic heterocycles. The van der Waals surface area contributed by atoms with Gasteiger partial charge in [-0.1, -0.05) is 18.2 Å². The maximum absolute atomic E-state index is 12.4. The number of carbonyl (C=O) groups excluding carboxylic acids is 1. The van der Waals surface area contributed by atoms with Crippen LogP contribution < -0.4 is 10.6 Å². The lowest BCUT2D eigenvalue weighted by atomic mass is 10.1. The molecule has 0 saturated carbocycles. The highest BCUT2D eigenvalue weighted by atomic mass is 19.4. The minimum absolute atomic E-state index is 0.312. The summed E-state index contributed by atoms with van der Waals surface area (Å²) in [4.78, 5) is 15.7. The Labute approximate surface area is 131 Å². The number of benzene rings is 1. The van der Waals surface area contributed by atoms with Crippen molar-refractivity contribution < 1.29 is 18.0 Å². The van der Waals surface area contributed by atoms with Gasteiger partial charge in [-0.3, -0.25) is 4.98 Å². The van der Waals surface area contributed by atoms with Gasteiger partial charge in [0.2, 0.25) is 0 Å². The first-order chi connectivity index (χ1) is 10.9. The predicted octanol–water partition coefficient (Wildman–Crippen LogP) is 3.14. The summed E-state index contributed by atoms with van der Waals surface area (Å²) in [5, 5.41) is 5.30. The normalized spacial score (nSPS) is 11.1. The molecule has 0 aliphatic rings. The van der Waals surface area contributed by atoms with E-state index in [1.807, 2.05) is 6.07 Å². The van der Waals surface area contributed by atoms with Gasteiger partial charge in [0.15, 0.2) is 0 Å². The molecule has 0 atom stereocenters. The van der Waals surface area contributed by atoms with Gasteiger partial charge in [-0.2, -0.15) is 13.2 Å². The molecule has 1 heterocycles. The molecular weight excluding hydrogens is 307 g/mol. The second kappa shape index (κ2) is 7.62. The fraction of sp³-hybridized carbons (Fsp3) is 0.250. The number of aromatic nitrogens is 1. The zero-order valence-electron chi connectivity index (χ0n) is 12.2. The molecule has 7 heteroatoms. The fourth-order valence-electron chi connectivity index (χ4n) is 1.92. The lowest BCUT2D eigenvalue weighted by Gasteiger charge is -2.09. The van der Waals surface area contributed by atoms with Crippen LogP contribution in [0.1, 0.15) is 16.8 Å². The Morgan fingerprint density at radius 3 is 2.39 bits per heavy atom. The topological polar surface area (TPSA) is 54.0 Å². The summed E-state index contributed by atoms with van der Waals surface area (Å²) < 4.78 is 37.3. The van der Waals surface area contributed by atoms with Crippen molar-refractivity contribution >= 4 is 6.03 Å². The van der Waals surface area contributed by atoms with Gasteiger partial charge in [-0.05, 0) is 36.2 Å². The number of nitrogens with one attached hydrogen (secondary N) is 2. The molecule has 0 bridgehead atoms. The van der Waals surface area contributed by atoms with E-state index in [1.165, 1.54) is 12.1 Å². The largest absolute Gasteiger partial charge is 0.416 e. The summed E-state index contributed by atoms with van der Waals surface area (Å²) >= 11 is 0. The number of hydrogen-bond donors (Lipinski definition) is 2. The molecule has 2 rings (SSSR count). The van der Waals surface area contributed by atoms with Crippen LogP contribution in [-0.4, -0.2) is 17.6 Å². The molecule has 1 aromatic carbocycles. The molecule has 0 aliphatic heterocycles. The Balaban J connectivity index is 1.71. The van der Waals surface area contributed by atoms with Gasteiger partial charge in [0.1, 0.15) is 0 Å². The zero-order chi connectivity index (χ0) is 16.7. The Kier molecular flexibility index (Phi) is 5.56. The first kappa shape index (κ1) is 16.8. The maximum atomic E-state index is 12.4. The monoisotopic (exact) mass is 323 g/mol. The third-order valence-corrected chi connectivity index (χ3v) is 3.14. The van der Waals surface area contributed by atoms with Crippen LogP contribution in [0.3, 0.4) is 0 Å². The average Bonchev–Trinajstić information content (AvgIpc) is 2.53. The SMILES string of the molecule is O=C(NCCc1ccc(C(F)(F)F)cc1)NCc1ccccn1. The summed E-state index contributed by atoms with van der Waals surface area (Å²) in [6.07, 6.45) is -2.24. The highest BCUT2D eigenvalue weighted by molar-refractivity contribution is 5.73. The number of pyridine rings is 1. The van der Waals surface area contributed by atoms with E-state index in [2.05, 4.69) is 15.6 Å². The Morgan fingerprint density at radius 2 is 1.78 bits per heavy atom. The van der Waals surface area contributed by atoms with E-state index in [1.54, 1.807) is 18.3 Å². The van der Waals surface area contributed by atoms with Gasteiger partial charge in [0, 0.05) is 12.7 Å². The van der Waals surface area contributed by atoms with E-state index in [-0.39, 0.29) is 6.03 Å². The van der Waals surface area contributed by atoms with Gasteiger partial charge < -0.3 is 10.6 Å². The van der Waals surface area contributed by atoms with E-state index < -0.39 is 11.7 Å². The zero-order valence-corrected chi connectivity index (χ0v) is 12.2. The number of rotatable bonds is 5. The lowest BCUT2D eigenvalue weighted by molar-refractivity contribution is -0.137.